The fourth-order valence-corrected chi connectivity index (χ4v) is 3.88. The lowest BCUT2D eigenvalue weighted by atomic mass is 10.1. The Bertz CT molecular complexity index is 1230. The van der Waals surface area contributed by atoms with Crippen molar-refractivity contribution in [2.75, 3.05) is 13.1 Å². The molecule has 4 heterocycles. The smallest absolute Gasteiger partial charge is 0.261 e. The third-order valence-electron chi connectivity index (χ3n) is 5.27. The Labute approximate surface area is 172 Å². The number of hydrogen-bond donors (Lipinski definition) is 1. The van der Waals surface area contributed by atoms with Crippen molar-refractivity contribution >= 4 is 22.5 Å². The Kier molecular flexibility index (Phi) is 4.58. The molecule has 1 aliphatic rings. The second kappa shape index (κ2) is 7.39. The fourth-order valence-electron chi connectivity index (χ4n) is 3.75. The second-order valence-corrected chi connectivity index (χ2v) is 7.54. The summed E-state index contributed by atoms with van der Waals surface area (Å²) in [4.78, 5) is 27.0. The summed E-state index contributed by atoms with van der Waals surface area (Å²) in [5, 5.41) is 4.51. The topological polar surface area (TPSA) is 72.7 Å². The molecule has 4 aromatic rings. The van der Waals surface area contributed by atoms with Crippen LogP contribution < -0.4 is 10.9 Å². The number of rotatable bonds is 3. The number of nitrogens with one attached hydrogen (secondary N) is 1. The molecule has 1 atom stereocenters. The van der Waals surface area contributed by atoms with E-state index in [2.05, 4.69) is 15.3 Å². The number of hydrogen-bond acceptors (Lipinski definition) is 5. The fraction of sp³-hybridized carbons (Fsp3) is 0.182. The van der Waals surface area contributed by atoms with E-state index in [-0.39, 0.29) is 11.6 Å². The molecular formula is C22H18ClN5O. The van der Waals surface area contributed by atoms with Crippen LogP contribution in [0.15, 0.2) is 66.0 Å². The molecule has 0 aliphatic carbocycles. The number of benzene rings is 1. The van der Waals surface area contributed by atoms with E-state index in [9.17, 15) is 4.79 Å². The van der Waals surface area contributed by atoms with Crippen molar-refractivity contribution in [3.8, 4) is 22.5 Å². The largest absolute Gasteiger partial charge is 0.315 e. The molecule has 144 valence electrons. The molecule has 1 N–H and O–H groups in total. The molecule has 1 aromatic carbocycles. The van der Waals surface area contributed by atoms with Crippen molar-refractivity contribution in [3.05, 3.63) is 76.6 Å². The van der Waals surface area contributed by atoms with Crippen molar-refractivity contribution in [3.63, 3.8) is 0 Å². The highest BCUT2D eigenvalue weighted by Crippen LogP contribution is 2.29. The molecule has 5 rings (SSSR count). The summed E-state index contributed by atoms with van der Waals surface area (Å²) >= 11 is 6.04. The van der Waals surface area contributed by atoms with E-state index in [4.69, 9.17) is 16.6 Å². The summed E-state index contributed by atoms with van der Waals surface area (Å²) in [6.07, 6.45) is 6.01. The van der Waals surface area contributed by atoms with Crippen LogP contribution in [0.25, 0.3) is 33.4 Å². The normalized spacial score (nSPS) is 16.4. The van der Waals surface area contributed by atoms with Gasteiger partial charge >= 0.3 is 0 Å². The van der Waals surface area contributed by atoms with E-state index >= 15 is 0 Å². The summed E-state index contributed by atoms with van der Waals surface area (Å²) in [5.74, 6) is 0. The van der Waals surface area contributed by atoms with Gasteiger partial charge in [0.2, 0.25) is 0 Å². The molecule has 7 heteroatoms. The van der Waals surface area contributed by atoms with Gasteiger partial charge in [-0.1, -0.05) is 23.7 Å². The second-order valence-electron chi connectivity index (χ2n) is 7.10. The predicted octanol–water partition coefficient (Wildman–Crippen LogP) is 3.71. The lowest BCUT2D eigenvalue weighted by Crippen LogP contribution is -2.26. The van der Waals surface area contributed by atoms with E-state index in [1.165, 1.54) is 0 Å². The first-order valence-electron chi connectivity index (χ1n) is 9.49. The van der Waals surface area contributed by atoms with Crippen molar-refractivity contribution in [2.45, 2.75) is 12.5 Å². The number of halogens is 1. The molecule has 0 bridgehead atoms. The molecule has 1 aliphatic heterocycles. The van der Waals surface area contributed by atoms with Crippen LogP contribution in [0.2, 0.25) is 5.02 Å². The van der Waals surface area contributed by atoms with Gasteiger partial charge in [0.1, 0.15) is 5.52 Å². The Morgan fingerprint density at radius 3 is 2.72 bits per heavy atom. The van der Waals surface area contributed by atoms with Gasteiger partial charge in [0, 0.05) is 35.1 Å². The van der Waals surface area contributed by atoms with Gasteiger partial charge in [0.05, 0.1) is 29.1 Å². The monoisotopic (exact) mass is 403 g/mol. The number of pyridine rings is 2. The average molecular weight is 404 g/mol. The minimum absolute atomic E-state index is 0.0496. The van der Waals surface area contributed by atoms with Gasteiger partial charge in [-0.3, -0.25) is 14.3 Å². The summed E-state index contributed by atoms with van der Waals surface area (Å²) in [5.41, 5.74) is 3.59. The Morgan fingerprint density at radius 1 is 1.14 bits per heavy atom. The minimum atomic E-state index is -0.0496. The lowest BCUT2D eigenvalue weighted by Gasteiger charge is -2.15. The summed E-state index contributed by atoms with van der Waals surface area (Å²) < 4.78 is 1.74. The zero-order valence-electron chi connectivity index (χ0n) is 15.5. The van der Waals surface area contributed by atoms with Crippen molar-refractivity contribution in [2.24, 2.45) is 0 Å². The number of nitrogens with zero attached hydrogens (tertiary/aromatic N) is 4. The molecule has 0 spiro atoms. The quantitative estimate of drug-likeness (QED) is 0.564. The van der Waals surface area contributed by atoms with Gasteiger partial charge in [-0.25, -0.2) is 9.97 Å². The Hall–Kier alpha value is -3.09. The number of fused-ring (bicyclic) bond motifs is 1. The van der Waals surface area contributed by atoms with E-state index in [0.29, 0.717) is 27.3 Å². The molecular weight excluding hydrogens is 386 g/mol. The molecule has 0 amide bonds. The van der Waals surface area contributed by atoms with Crippen LogP contribution in [0.3, 0.4) is 0 Å². The van der Waals surface area contributed by atoms with Crippen LogP contribution in [0.5, 0.6) is 0 Å². The van der Waals surface area contributed by atoms with Gasteiger partial charge < -0.3 is 5.32 Å². The van der Waals surface area contributed by atoms with Crippen molar-refractivity contribution in [1.29, 1.82) is 0 Å². The zero-order valence-corrected chi connectivity index (χ0v) is 16.3. The summed E-state index contributed by atoms with van der Waals surface area (Å²) in [7, 11) is 0. The van der Waals surface area contributed by atoms with Crippen molar-refractivity contribution in [1.82, 2.24) is 24.8 Å². The predicted molar refractivity (Wildman–Crippen MR) is 114 cm³/mol. The Balaban J connectivity index is 1.78. The van der Waals surface area contributed by atoms with Gasteiger partial charge in [-0.05, 0) is 43.3 Å². The maximum Gasteiger partial charge on any atom is 0.261 e. The van der Waals surface area contributed by atoms with Gasteiger partial charge in [-0.15, -0.1) is 0 Å². The first-order chi connectivity index (χ1) is 14.2. The third kappa shape index (κ3) is 3.30. The van der Waals surface area contributed by atoms with E-state index in [1.54, 1.807) is 23.3 Å². The first-order valence-corrected chi connectivity index (χ1v) is 9.87. The van der Waals surface area contributed by atoms with Crippen LogP contribution in [-0.4, -0.2) is 32.6 Å². The summed E-state index contributed by atoms with van der Waals surface area (Å²) in [6.45, 7) is 1.68. The highest BCUT2D eigenvalue weighted by atomic mass is 35.5. The molecule has 29 heavy (non-hydrogen) atoms. The van der Waals surface area contributed by atoms with Gasteiger partial charge in [-0.2, -0.15) is 0 Å². The van der Waals surface area contributed by atoms with E-state index in [0.717, 1.165) is 30.6 Å². The molecule has 0 saturated carbocycles. The van der Waals surface area contributed by atoms with Crippen LogP contribution in [-0.2, 0) is 0 Å². The highest BCUT2D eigenvalue weighted by Gasteiger charge is 2.21. The number of aromatic nitrogens is 4. The van der Waals surface area contributed by atoms with Crippen LogP contribution in [0.1, 0.15) is 12.5 Å². The third-order valence-corrected chi connectivity index (χ3v) is 5.52. The molecule has 1 saturated heterocycles. The maximum absolute atomic E-state index is 13.4. The van der Waals surface area contributed by atoms with Crippen LogP contribution in [0, 0.1) is 0 Å². The first kappa shape index (κ1) is 18.0. The highest BCUT2D eigenvalue weighted by molar-refractivity contribution is 6.30. The molecule has 1 fully saturated rings. The Morgan fingerprint density at radius 2 is 2.00 bits per heavy atom. The van der Waals surface area contributed by atoms with Gasteiger partial charge in [0.15, 0.2) is 0 Å². The minimum Gasteiger partial charge on any atom is -0.315 e. The molecule has 0 radical (unpaired) electrons. The van der Waals surface area contributed by atoms with Crippen LogP contribution in [0.4, 0.5) is 0 Å². The molecule has 0 unspecified atom stereocenters. The van der Waals surface area contributed by atoms with Crippen LogP contribution >= 0.6 is 11.6 Å². The zero-order chi connectivity index (χ0) is 19.8. The van der Waals surface area contributed by atoms with E-state index < -0.39 is 0 Å². The SMILES string of the molecule is O=c1c2cc(-c3ccc(Cl)cc3)nc(-c3cccnc3)c2ncn1[C@H]1CCNC1. The average Bonchev–Trinajstić information content (AvgIpc) is 3.29. The standard InChI is InChI=1S/C22H18ClN5O/c23-16-5-3-14(4-6-16)19-10-18-21(20(27-19)15-2-1-8-24-11-15)26-13-28(22(18)29)17-7-9-25-12-17/h1-6,8,10-11,13,17,25H,7,9,12H2/t17-/m0/s1. The van der Waals surface area contributed by atoms with E-state index in [1.807, 2.05) is 42.5 Å². The van der Waals surface area contributed by atoms with Crippen molar-refractivity contribution < 1.29 is 0 Å². The molecule has 3 aromatic heterocycles. The van der Waals surface area contributed by atoms with Gasteiger partial charge in [0.25, 0.3) is 5.56 Å². The lowest BCUT2D eigenvalue weighted by molar-refractivity contribution is 0.525. The maximum atomic E-state index is 13.4. The molecule has 6 nitrogen and oxygen atoms in total. The summed E-state index contributed by atoms with van der Waals surface area (Å²) in [6, 6.07) is 13.2.